The predicted molar refractivity (Wildman–Crippen MR) is 80.1 cm³/mol. The van der Waals surface area contributed by atoms with Crippen LogP contribution in [0.3, 0.4) is 0 Å². The Morgan fingerprint density at radius 1 is 1.21 bits per heavy atom. The van der Waals surface area contributed by atoms with Crippen molar-refractivity contribution >= 4 is 23.9 Å². The Balaban J connectivity index is 2.15. The van der Waals surface area contributed by atoms with Gasteiger partial charge in [-0.05, 0) is 18.4 Å². The number of carbonyl (C=O) groups excluding carboxylic acids is 2. The highest BCUT2D eigenvalue weighted by atomic mass is 16.6. The highest BCUT2D eigenvalue weighted by molar-refractivity contribution is 6.04. The van der Waals surface area contributed by atoms with Crippen LogP contribution in [-0.2, 0) is 25.5 Å². The fourth-order valence-corrected chi connectivity index (χ4v) is 2.56. The number of carboxylic acids is 2. The molecule has 128 valence electrons. The number of carboxylic acid groups (broad SMARTS) is 2. The van der Waals surface area contributed by atoms with Gasteiger partial charge in [0.05, 0.1) is 6.04 Å². The van der Waals surface area contributed by atoms with Gasteiger partial charge in [-0.3, -0.25) is 14.4 Å². The minimum atomic E-state index is -1.59. The zero-order valence-electron chi connectivity index (χ0n) is 12.8. The standard InChI is InChI=1S/C16H17NO7/c18-13(19)7-6-12(15(21)22)14(20)17-11(9-24-16(17)23)8-10-4-2-1-3-5-10/h1-5,11-12H,6-9H2,(H,18,19)(H,21,22). The van der Waals surface area contributed by atoms with E-state index in [1.807, 2.05) is 30.3 Å². The van der Waals surface area contributed by atoms with Gasteiger partial charge in [0, 0.05) is 6.42 Å². The van der Waals surface area contributed by atoms with E-state index in [9.17, 15) is 24.3 Å². The van der Waals surface area contributed by atoms with Crippen molar-refractivity contribution in [3.63, 3.8) is 0 Å². The first-order chi connectivity index (χ1) is 11.4. The van der Waals surface area contributed by atoms with E-state index < -0.39 is 42.3 Å². The van der Waals surface area contributed by atoms with Crippen molar-refractivity contribution in [1.29, 1.82) is 0 Å². The molecule has 1 aliphatic rings. The molecule has 0 bridgehead atoms. The first-order valence-electron chi connectivity index (χ1n) is 7.38. The average Bonchev–Trinajstić information content (AvgIpc) is 2.88. The minimum absolute atomic E-state index is 0.0231. The number of aliphatic carboxylic acids is 2. The normalized spacial score (nSPS) is 18.1. The topological polar surface area (TPSA) is 121 Å². The van der Waals surface area contributed by atoms with Crippen molar-refractivity contribution in [2.75, 3.05) is 6.61 Å². The molecule has 2 unspecified atom stereocenters. The van der Waals surface area contributed by atoms with Crippen molar-refractivity contribution in [3.8, 4) is 0 Å². The van der Waals surface area contributed by atoms with E-state index in [0.29, 0.717) is 6.42 Å². The zero-order valence-corrected chi connectivity index (χ0v) is 12.8. The lowest BCUT2D eigenvalue weighted by atomic mass is 9.99. The maximum Gasteiger partial charge on any atom is 0.417 e. The lowest BCUT2D eigenvalue weighted by molar-refractivity contribution is -0.150. The van der Waals surface area contributed by atoms with Crippen LogP contribution in [0.4, 0.5) is 4.79 Å². The summed E-state index contributed by atoms with van der Waals surface area (Å²) in [6.45, 7) is -0.0231. The van der Waals surface area contributed by atoms with Crippen molar-refractivity contribution in [2.24, 2.45) is 5.92 Å². The summed E-state index contributed by atoms with van der Waals surface area (Å²) in [5.41, 5.74) is 0.871. The second kappa shape index (κ2) is 7.58. The van der Waals surface area contributed by atoms with Gasteiger partial charge in [-0.2, -0.15) is 0 Å². The molecule has 1 aromatic carbocycles. The second-order valence-electron chi connectivity index (χ2n) is 5.45. The number of cyclic esters (lactones) is 1. The summed E-state index contributed by atoms with van der Waals surface area (Å²) >= 11 is 0. The molecule has 2 N–H and O–H groups in total. The number of ether oxygens (including phenoxy) is 1. The lowest BCUT2D eigenvalue weighted by Crippen LogP contribution is -2.45. The van der Waals surface area contributed by atoms with Crippen LogP contribution in [0.1, 0.15) is 18.4 Å². The third kappa shape index (κ3) is 4.09. The van der Waals surface area contributed by atoms with E-state index in [-0.39, 0.29) is 13.0 Å². The maximum atomic E-state index is 12.5. The van der Waals surface area contributed by atoms with Crippen LogP contribution < -0.4 is 0 Å². The summed E-state index contributed by atoms with van der Waals surface area (Å²) in [7, 11) is 0. The van der Waals surface area contributed by atoms with E-state index in [1.54, 1.807) is 0 Å². The molecule has 1 aliphatic heterocycles. The van der Waals surface area contributed by atoms with Gasteiger partial charge >= 0.3 is 18.0 Å². The molecule has 0 aromatic heterocycles. The Kier molecular flexibility index (Phi) is 5.51. The molecule has 1 aromatic rings. The number of amides is 2. The van der Waals surface area contributed by atoms with Crippen LogP contribution in [0.2, 0.25) is 0 Å². The second-order valence-corrected chi connectivity index (χ2v) is 5.45. The van der Waals surface area contributed by atoms with Gasteiger partial charge in [0.25, 0.3) is 0 Å². The van der Waals surface area contributed by atoms with Gasteiger partial charge in [-0.1, -0.05) is 30.3 Å². The van der Waals surface area contributed by atoms with E-state index in [2.05, 4.69) is 0 Å². The Morgan fingerprint density at radius 2 is 1.88 bits per heavy atom. The maximum absolute atomic E-state index is 12.5. The van der Waals surface area contributed by atoms with Gasteiger partial charge in [0.15, 0.2) is 0 Å². The number of rotatable bonds is 7. The number of hydrogen-bond donors (Lipinski definition) is 2. The Hall–Kier alpha value is -2.90. The zero-order chi connectivity index (χ0) is 17.7. The third-order valence-electron chi connectivity index (χ3n) is 3.76. The molecule has 2 amide bonds. The summed E-state index contributed by atoms with van der Waals surface area (Å²) in [6, 6.07) is 8.49. The smallest absolute Gasteiger partial charge is 0.417 e. The molecular weight excluding hydrogens is 318 g/mol. The van der Waals surface area contributed by atoms with Gasteiger partial charge in [0.2, 0.25) is 5.91 Å². The summed E-state index contributed by atoms with van der Waals surface area (Å²) in [5, 5.41) is 17.9. The summed E-state index contributed by atoms with van der Waals surface area (Å²) < 4.78 is 4.88. The number of carbonyl (C=O) groups is 4. The Labute approximate surface area is 137 Å². The van der Waals surface area contributed by atoms with Crippen LogP contribution in [-0.4, -0.2) is 51.7 Å². The molecule has 0 saturated carbocycles. The number of imide groups is 1. The molecule has 0 radical (unpaired) electrons. The highest BCUT2D eigenvalue weighted by Crippen LogP contribution is 2.22. The Morgan fingerprint density at radius 3 is 2.46 bits per heavy atom. The van der Waals surface area contributed by atoms with E-state index >= 15 is 0 Å². The predicted octanol–water partition coefficient (Wildman–Crippen LogP) is 1.14. The quantitative estimate of drug-likeness (QED) is 0.717. The Bertz CT molecular complexity index is 643. The van der Waals surface area contributed by atoms with Crippen LogP contribution in [0.25, 0.3) is 0 Å². The highest BCUT2D eigenvalue weighted by Gasteiger charge is 2.43. The molecule has 1 fully saturated rings. The van der Waals surface area contributed by atoms with Crippen molar-refractivity contribution < 1.29 is 34.1 Å². The monoisotopic (exact) mass is 335 g/mol. The fraction of sp³-hybridized carbons (Fsp3) is 0.375. The van der Waals surface area contributed by atoms with Crippen LogP contribution >= 0.6 is 0 Å². The van der Waals surface area contributed by atoms with Crippen LogP contribution in [0.5, 0.6) is 0 Å². The summed E-state index contributed by atoms with van der Waals surface area (Å²) in [5.74, 6) is -5.20. The largest absolute Gasteiger partial charge is 0.481 e. The molecule has 8 heteroatoms. The van der Waals surface area contributed by atoms with Crippen LogP contribution in [0, 0.1) is 5.92 Å². The molecule has 2 atom stereocenters. The third-order valence-corrected chi connectivity index (χ3v) is 3.76. The molecule has 1 heterocycles. The lowest BCUT2D eigenvalue weighted by Gasteiger charge is -2.22. The van der Waals surface area contributed by atoms with E-state index in [1.165, 1.54) is 0 Å². The van der Waals surface area contributed by atoms with Crippen LogP contribution in [0.15, 0.2) is 30.3 Å². The molecule has 2 rings (SSSR count). The molecule has 8 nitrogen and oxygen atoms in total. The minimum Gasteiger partial charge on any atom is -0.481 e. The number of nitrogens with zero attached hydrogens (tertiary/aromatic N) is 1. The van der Waals surface area contributed by atoms with Gasteiger partial charge in [0.1, 0.15) is 12.5 Å². The molecule has 0 spiro atoms. The van der Waals surface area contributed by atoms with Crippen molar-refractivity contribution in [3.05, 3.63) is 35.9 Å². The summed E-state index contributed by atoms with van der Waals surface area (Å²) in [6.07, 6.45) is -1.42. The summed E-state index contributed by atoms with van der Waals surface area (Å²) in [4.78, 5) is 47.0. The fourth-order valence-electron chi connectivity index (χ4n) is 2.56. The van der Waals surface area contributed by atoms with E-state index in [4.69, 9.17) is 9.84 Å². The molecule has 1 saturated heterocycles. The first-order valence-corrected chi connectivity index (χ1v) is 7.38. The van der Waals surface area contributed by atoms with Gasteiger partial charge < -0.3 is 14.9 Å². The number of benzene rings is 1. The average molecular weight is 335 g/mol. The first kappa shape index (κ1) is 17.5. The van der Waals surface area contributed by atoms with Crippen molar-refractivity contribution in [2.45, 2.75) is 25.3 Å². The molecular formula is C16H17NO7. The van der Waals surface area contributed by atoms with Gasteiger partial charge in [-0.15, -0.1) is 0 Å². The van der Waals surface area contributed by atoms with Gasteiger partial charge in [-0.25, -0.2) is 9.69 Å². The molecule has 24 heavy (non-hydrogen) atoms. The number of hydrogen-bond acceptors (Lipinski definition) is 5. The van der Waals surface area contributed by atoms with Crippen molar-refractivity contribution in [1.82, 2.24) is 4.90 Å². The van der Waals surface area contributed by atoms with E-state index in [0.717, 1.165) is 10.5 Å². The SMILES string of the molecule is O=C(O)CCC(C(=O)O)C(=O)N1C(=O)OCC1Cc1ccccc1. The molecule has 0 aliphatic carbocycles.